The molecule has 1 saturated carbocycles. The van der Waals surface area contributed by atoms with Gasteiger partial charge in [0.05, 0.1) is 11.6 Å². The Morgan fingerprint density at radius 2 is 2.12 bits per heavy atom. The molecule has 1 fully saturated rings. The lowest BCUT2D eigenvalue weighted by Crippen LogP contribution is -2.33. The van der Waals surface area contributed by atoms with E-state index in [0.717, 1.165) is 5.82 Å². The van der Waals surface area contributed by atoms with Crippen LogP contribution in [-0.4, -0.2) is 18.1 Å². The highest BCUT2D eigenvalue weighted by atomic mass is 15.2. The molecule has 1 aliphatic carbocycles. The summed E-state index contributed by atoms with van der Waals surface area (Å²) >= 11 is 0. The smallest absolute Gasteiger partial charge is 0.129 e. The van der Waals surface area contributed by atoms with Crippen molar-refractivity contribution in [3.63, 3.8) is 0 Å². The van der Waals surface area contributed by atoms with Crippen molar-refractivity contribution in [3.8, 4) is 6.07 Å². The molecule has 84 valence electrons. The van der Waals surface area contributed by atoms with Crippen LogP contribution < -0.4 is 4.90 Å². The molecule has 1 heterocycles. The molecule has 1 aliphatic rings. The minimum Gasteiger partial charge on any atom is -0.357 e. The third-order valence-electron chi connectivity index (χ3n) is 3.36. The van der Waals surface area contributed by atoms with E-state index in [-0.39, 0.29) is 0 Å². The minimum absolute atomic E-state index is 0.593. The molecule has 2 rings (SSSR count). The van der Waals surface area contributed by atoms with E-state index in [1.807, 2.05) is 6.07 Å². The normalized spacial score (nSPS) is 16.8. The van der Waals surface area contributed by atoms with Crippen LogP contribution in [0.4, 0.5) is 5.82 Å². The van der Waals surface area contributed by atoms with Crippen molar-refractivity contribution in [2.24, 2.45) is 0 Å². The van der Waals surface area contributed by atoms with Crippen molar-refractivity contribution < 1.29 is 0 Å². The highest BCUT2D eigenvalue weighted by molar-refractivity contribution is 5.45. The average Bonchev–Trinajstić information content (AvgIpc) is 2.39. The Balaban J connectivity index is 2.13. The van der Waals surface area contributed by atoms with Crippen LogP contribution in [0.3, 0.4) is 0 Å². The van der Waals surface area contributed by atoms with Crippen LogP contribution >= 0.6 is 0 Å². The molecule has 3 nitrogen and oxygen atoms in total. The van der Waals surface area contributed by atoms with E-state index in [9.17, 15) is 0 Å². The molecule has 16 heavy (non-hydrogen) atoms. The average molecular weight is 215 g/mol. The highest BCUT2D eigenvalue weighted by Crippen LogP contribution is 2.25. The van der Waals surface area contributed by atoms with E-state index in [0.29, 0.717) is 11.6 Å². The first-order valence-electron chi connectivity index (χ1n) is 5.90. The van der Waals surface area contributed by atoms with E-state index in [2.05, 4.69) is 23.0 Å². The quantitative estimate of drug-likeness (QED) is 0.761. The van der Waals surface area contributed by atoms with Crippen molar-refractivity contribution in [2.45, 2.75) is 38.1 Å². The predicted molar refractivity (Wildman–Crippen MR) is 64.2 cm³/mol. The summed E-state index contributed by atoms with van der Waals surface area (Å²) in [4.78, 5) is 6.56. The fourth-order valence-electron chi connectivity index (χ4n) is 2.34. The number of pyridine rings is 1. The van der Waals surface area contributed by atoms with Gasteiger partial charge in [0.2, 0.25) is 0 Å². The first kappa shape index (κ1) is 10.9. The Kier molecular flexibility index (Phi) is 3.40. The zero-order valence-corrected chi connectivity index (χ0v) is 9.69. The molecule has 0 unspecified atom stereocenters. The fourth-order valence-corrected chi connectivity index (χ4v) is 2.34. The van der Waals surface area contributed by atoms with Crippen LogP contribution in [0.1, 0.15) is 37.7 Å². The van der Waals surface area contributed by atoms with Gasteiger partial charge >= 0.3 is 0 Å². The molecular formula is C13H17N3. The molecule has 0 amide bonds. The third-order valence-corrected chi connectivity index (χ3v) is 3.36. The Hall–Kier alpha value is -1.56. The number of aromatic nitrogens is 1. The second-order valence-corrected chi connectivity index (χ2v) is 4.42. The number of hydrogen-bond donors (Lipinski definition) is 0. The number of nitriles is 1. The van der Waals surface area contributed by atoms with Crippen molar-refractivity contribution in [3.05, 3.63) is 23.9 Å². The van der Waals surface area contributed by atoms with Gasteiger partial charge < -0.3 is 4.90 Å². The summed E-state index contributed by atoms with van der Waals surface area (Å²) in [5.41, 5.74) is 0.688. The second kappa shape index (κ2) is 4.98. The summed E-state index contributed by atoms with van der Waals surface area (Å²) in [6, 6.07) is 6.37. The predicted octanol–water partition coefficient (Wildman–Crippen LogP) is 2.72. The van der Waals surface area contributed by atoms with Gasteiger partial charge in [-0.2, -0.15) is 5.26 Å². The molecule has 0 radical (unpaired) electrons. The van der Waals surface area contributed by atoms with Crippen molar-refractivity contribution in [1.82, 2.24) is 4.98 Å². The molecule has 1 aromatic rings. The molecule has 0 N–H and O–H groups in total. The lowest BCUT2D eigenvalue weighted by atomic mass is 9.94. The molecule has 0 atom stereocenters. The number of nitrogens with zero attached hydrogens (tertiary/aromatic N) is 3. The van der Waals surface area contributed by atoms with Crippen molar-refractivity contribution in [2.75, 3.05) is 11.9 Å². The first-order chi connectivity index (χ1) is 7.81. The minimum atomic E-state index is 0.593. The summed E-state index contributed by atoms with van der Waals surface area (Å²) in [7, 11) is 2.08. The summed E-state index contributed by atoms with van der Waals surface area (Å²) in [5, 5.41) is 8.86. The number of hydrogen-bond acceptors (Lipinski definition) is 3. The SMILES string of the molecule is CN(c1cc(C#N)ccn1)C1CCCCC1. The zero-order chi connectivity index (χ0) is 11.4. The van der Waals surface area contributed by atoms with E-state index in [4.69, 9.17) is 5.26 Å². The fraction of sp³-hybridized carbons (Fsp3) is 0.538. The molecule has 0 aliphatic heterocycles. The van der Waals surface area contributed by atoms with Crippen LogP contribution in [0.25, 0.3) is 0 Å². The maximum absolute atomic E-state index is 8.86. The van der Waals surface area contributed by atoms with E-state index < -0.39 is 0 Å². The van der Waals surface area contributed by atoms with Gasteiger partial charge in [-0.3, -0.25) is 0 Å². The largest absolute Gasteiger partial charge is 0.357 e. The summed E-state index contributed by atoms with van der Waals surface area (Å²) in [6.45, 7) is 0. The maximum atomic E-state index is 8.86. The van der Waals surface area contributed by atoms with Crippen LogP contribution in [0, 0.1) is 11.3 Å². The van der Waals surface area contributed by atoms with Gasteiger partial charge in [0, 0.05) is 19.3 Å². The Bertz CT molecular complexity index is 388. The van der Waals surface area contributed by atoms with Crippen LogP contribution in [-0.2, 0) is 0 Å². The topological polar surface area (TPSA) is 39.9 Å². The van der Waals surface area contributed by atoms with E-state index in [1.165, 1.54) is 32.1 Å². The molecule has 0 spiro atoms. The van der Waals surface area contributed by atoms with Gasteiger partial charge in [-0.05, 0) is 25.0 Å². The lowest BCUT2D eigenvalue weighted by molar-refractivity contribution is 0.426. The highest BCUT2D eigenvalue weighted by Gasteiger charge is 2.19. The first-order valence-corrected chi connectivity index (χ1v) is 5.90. The monoisotopic (exact) mass is 215 g/mol. The van der Waals surface area contributed by atoms with Gasteiger partial charge in [0.1, 0.15) is 5.82 Å². The van der Waals surface area contributed by atoms with Gasteiger partial charge in [0.15, 0.2) is 0 Å². The standard InChI is InChI=1S/C13H17N3/c1-16(12-5-3-2-4-6-12)13-9-11(10-14)7-8-15-13/h7-9,12H,2-6H2,1H3. The van der Waals surface area contributed by atoms with Gasteiger partial charge in [-0.15, -0.1) is 0 Å². The molecule has 1 aromatic heterocycles. The molecule has 0 bridgehead atoms. The summed E-state index contributed by atoms with van der Waals surface area (Å²) in [5.74, 6) is 0.922. The Morgan fingerprint density at radius 1 is 1.38 bits per heavy atom. The van der Waals surface area contributed by atoms with Crippen molar-refractivity contribution >= 4 is 5.82 Å². The maximum Gasteiger partial charge on any atom is 0.129 e. The van der Waals surface area contributed by atoms with Crippen LogP contribution in [0.5, 0.6) is 0 Å². The zero-order valence-electron chi connectivity index (χ0n) is 9.69. The van der Waals surface area contributed by atoms with Gasteiger partial charge in [-0.25, -0.2) is 4.98 Å². The number of rotatable bonds is 2. The molecule has 0 saturated heterocycles. The third kappa shape index (κ3) is 2.33. The van der Waals surface area contributed by atoms with E-state index >= 15 is 0 Å². The number of anilines is 1. The van der Waals surface area contributed by atoms with Crippen LogP contribution in [0.2, 0.25) is 0 Å². The molecular weight excluding hydrogens is 198 g/mol. The second-order valence-electron chi connectivity index (χ2n) is 4.42. The lowest BCUT2D eigenvalue weighted by Gasteiger charge is -2.32. The Morgan fingerprint density at radius 3 is 2.81 bits per heavy atom. The molecule has 3 heteroatoms. The summed E-state index contributed by atoms with van der Waals surface area (Å²) < 4.78 is 0. The Labute approximate surface area is 96.7 Å². The van der Waals surface area contributed by atoms with Gasteiger partial charge in [-0.1, -0.05) is 19.3 Å². The molecule has 0 aromatic carbocycles. The van der Waals surface area contributed by atoms with E-state index in [1.54, 1.807) is 12.3 Å². The van der Waals surface area contributed by atoms with Crippen LogP contribution in [0.15, 0.2) is 18.3 Å². The van der Waals surface area contributed by atoms with Crippen molar-refractivity contribution in [1.29, 1.82) is 5.26 Å². The van der Waals surface area contributed by atoms with Gasteiger partial charge in [0.25, 0.3) is 0 Å². The summed E-state index contributed by atoms with van der Waals surface area (Å²) in [6.07, 6.45) is 8.19.